The SMILES string of the molecule is O=C([O-])c1cccc(COc2ccc(CO)cc2Cl)c1. The molecule has 104 valence electrons. The van der Waals surface area contributed by atoms with Crippen LogP contribution in [-0.4, -0.2) is 11.1 Å². The molecule has 1 N–H and O–H groups in total. The normalized spacial score (nSPS) is 10.3. The molecule has 0 spiro atoms. The summed E-state index contributed by atoms with van der Waals surface area (Å²) in [6.07, 6.45) is 0. The maximum absolute atomic E-state index is 10.8. The molecular weight excluding hydrogens is 280 g/mol. The maximum atomic E-state index is 10.8. The fraction of sp³-hybridized carbons (Fsp3) is 0.133. The highest BCUT2D eigenvalue weighted by atomic mass is 35.5. The molecule has 0 atom stereocenters. The first-order chi connectivity index (χ1) is 9.60. The van der Waals surface area contributed by atoms with Gasteiger partial charge in [0.1, 0.15) is 12.4 Å². The van der Waals surface area contributed by atoms with E-state index in [2.05, 4.69) is 0 Å². The van der Waals surface area contributed by atoms with Gasteiger partial charge in [-0.05, 0) is 34.9 Å². The Labute approximate surface area is 121 Å². The van der Waals surface area contributed by atoms with Crippen LogP contribution in [0.3, 0.4) is 0 Å². The second-order valence-corrected chi connectivity index (χ2v) is 4.61. The third-order valence-corrected chi connectivity index (χ3v) is 3.03. The van der Waals surface area contributed by atoms with Gasteiger partial charge in [-0.2, -0.15) is 0 Å². The van der Waals surface area contributed by atoms with E-state index in [1.54, 1.807) is 30.3 Å². The van der Waals surface area contributed by atoms with Gasteiger partial charge in [0.25, 0.3) is 0 Å². The van der Waals surface area contributed by atoms with E-state index >= 15 is 0 Å². The van der Waals surface area contributed by atoms with E-state index in [-0.39, 0.29) is 18.8 Å². The van der Waals surface area contributed by atoms with E-state index in [4.69, 9.17) is 21.4 Å². The summed E-state index contributed by atoms with van der Waals surface area (Å²) in [5, 5.41) is 20.1. The number of benzene rings is 2. The van der Waals surface area contributed by atoms with Gasteiger partial charge in [-0.15, -0.1) is 0 Å². The lowest BCUT2D eigenvalue weighted by molar-refractivity contribution is -0.255. The van der Waals surface area contributed by atoms with Gasteiger partial charge in [0.15, 0.2) is 0 Å². The summed E-state index contributed by atoms with van der Waals surface area (Å²) in [6, 6.07) is 11.3. The molecule has 0 aliphatic heterocycles. The largest absolute Gasteiger partial charge is 0.545 e. The Morgan fingerprint density at radius 1 is 1.20 bits per heavy atom. The Bertz CT molecular complexity index is 625. The minimum absolute atomic E-state index is 0.0896. The van der Waals surface area contributed by atoms with Crippen molar-refractivity contribution in [1.29, 1.82) is 0 Å². The van der Waals surface area contributed by atoms with E-state index in [1.807, 2.05) is 0 Å². The van der Waals surface area contributed by atoms with Gasteiger partial charge >= 0.3 is 0 Å². The smallest absolute Gasteiger partial charge is 0.138 e. The van der Waals surface area contributed by atoms with Crippen molar-refractivity contribution in [2.75, 3.05) is 0 Å². The highest BCUT2D eigenvalue weighted by molar-refractivity contribution is 6.32. The van der Waals surface area contributed by atoms with E-state index in [0.717, 1.165) is 0 Å². The van der Waals surface area contributed by atoms with Crippen molar-refractivity contribution < 1.29 is 19.7 Å². The van der Waals surface area contributed by atoms with Gasteiger partial charge in [-0.25, -0.2) is 0 Å². The van der Waals surface area contributed by atoms with E-state index in [0.29, 0.717) is 21.9 Å². The molecule has 0 unspecified atom stereocenters. The Morgan fingerprint density at radius 3 is 2.65 bits per heavy atom. The van der Waals surface area contributed by atoms with Crippen LogP contribution in [0.4, 0.5) is 0 Å². The highest BCUT2D eigenvalue weighted by Gasteiger charge is 2.04. The third kappa shape index (κ3) is 3.50. The summed E-state index contributed by atoms with van der Waals surface area (Å²) in [4.78, 5) is 10.8. The summed E-state index contributed by atoms with van der Waals surface area (Å²) >= 11 is 6.02. The average molecular weight is 292 g/mol. The first kappa shape index (κ1) is 14.4. The number of halogens is 1. The fourth-order valence-electron chi connectivity index (χ4n) is 1.71. The number of aromatic carboxylic acids is 1. The average Bonchev–Trinajstić information content (AvgIpc) is 2.46. The monoisotopic (exact) mass is 291 g/mol. The van der Waals surface area contributed by atoms with Crippen LogP contribution in [0.1, 0.15) is 21.5 Å². The number of carbonyl (C=O) groups excluding carboxylic acids is 1. The molecule has 0 amide bonds. The number of carboxylic acids is 1. The standard InChI is InChI=1S/C15H13ClO4/c16-13-7-10(8-17)4-5-14(13)20-9-11-2-1-3-12(6-11)15(18)19/h1-7,17H,8-9H2,(H,18,19)/p-1. The number of rotatable bonds is 5. The molecule has 2 rings (SSSR count). The van der Waals surface area contributed by atoms with Crippen molar-refractivity contribution in [1.82, 2.24) is 0 Å². The minimum atomic E-state index is -1.22. The molecule has 2 aromatic carbocycles. The second-order valence-electron chi connectivity index (χ2n) is 4.20. The molecule has 0 saturated carbocycles. The molecule has 5 heteroatoms. The lowest BCUT2D eigenvalue weighted by Gasteiger charge is -2.10. The molecule has 0 aliphatic rings. The zero-order valence-corrected chi connectivity index (χ0v) is 11.3. The summed E-state index contributed by atoms with van der Waals surface area (Å²) in [5.74, 6) is -0.750. The fourth-order valence-corrected chi connectivity index (χ4v) is 1.97. The topological polar surface area (TPSA) is 69.6 Å². The number of ether oxygens (including phenoxy) is 1. The molecule has 2 aromatic rings. The number of hydrogen-bond acceptors (Lipinski definition) is 4. The van der Waals surface area contributed by atoms with Crippen LogP contribution < -0.4 is 9.84 Å². The predicted octanol–water partition coefficient (Wildman–Crippen LogP) is 1.77. The molecule has 0 saturated heterocycles. The Morgan fingerprint density at radius 2 is 2.00 bits per heavy atom. The number of carboxylic acid groups (broad SMARTS) is 1. The van der Waals surface area contributed by atoms with Crippen molar-refractivity contribution in [3.63, 3.8) is 0 Å². The zero-order valence-electron chi connectivity index (χ0n) is 10.5. The van der Waals surface area contributed by atoms with E-state index in [9.17, 15) is 9.90 Å². The molecule has 0 fully saturated rings. The van der Waals surface area contributed by atoms with Gasteiger partial charge in [0, 0.05) is 0 Å². The molecule has 0 radical (unpaired) electrons. The summed E-state index contributed by atoms with van der Waals surface area (Å²) in [5.41, 5.74) is 1.50. The Hall–Kier alpha value is -2.04. The van der Waals surface area contributed by atoms with Crippen LogP contribution in [0.5, 0.6) is 5.75 Å². The van der Waals surface area contributed by atoms with Gasteiger partial charge in [-0.1, -0.05) is 35.9 Å². The molecule has 4 nitrogen and oxygen atoms in total. The van der Waals surface area contributed by atoms with Crippen LogP contribution in [0.25, 0.3) is 0 Å². The van der Waals surface area contributed by atoms with Crippen molar-refractivity contribution in [3.8, 4) is 5.75 Å². The summed E-state index contributed by atoms with van der Waals surface area (Å²) in [7, 11) is 0. The summed E-state index contributed by atoms with van der Waals surface area (Å²) < 4.78 is 5.53. The lowest BCUT2D eigenvalue weighted by atomic mass is 10.1. The van der Waals surface area contributed by atoms with E-state index in [1.165, 1.54) is 12.1 Å². The van der Waals surface area contributed by atoms with Crippen molar-refractivity contribution in [2.24, 2.45) is 0 Å². The van der Waals surface area contributed by atoms with Crippen LogP contribution >= 0.6 is 11.6 Å². The first-order valence-corrected chi connectivity index (χ1v) is 6.30. The maximum Gasteiger partial charge on any atom is 0.138 e. The quantitative estimate of drug-likeness (QED) is 0.911. The molecule has 0 heterocycles. The van der Waals surface area contributed by atoms with Crippen LogP contribution in [0.2, 0.25) is 5.02 Å². The zero-order chi connectivity index (χ0) is 14.5. The summed E-state index contributed by atoms with van der Waals surface area (Å²) in [6.45, 7) is 0.104. The van der Waals surface area contributed by atoms with Crippen LogP contribution in [-0.2, 0) is 13.2 Å². The molecule has 0 bridgehead atoms. The Balaban J connectivity index is 2.09. The number of carbonyl (C=O) groups is 1. The highest BCUT2D eigenvalue weighted by Crippen LogP contribution is 2.26. The molecule has 0 aliphatic carbocycles. The Kier molecular flexibility index (Phi) is 4.61. The van der Waals surface area contributed by atoms with Crippen LogP contribution in [0.15, 0.2) is 42.5 Å². The van der Waals surface area contributed by atoms with Gasteiger partial charge in [0.05, 0.1) is 17.6 Å². The van der Waals surface area contributed by atoms with E-state index < -0.39 is 5.97 Å². The second kappa shape index (κ2) is 6.41. The molecule has 20 heavy (non-hydrogen) atoms. The molecule has 0 aromatic heterocycles. The number of aliphatic hydroxyl groups excluding tert-OH is 1. The van der Waals surface area contributed by atoms with Crippen molar-refractivity contribution >= 4 is 17.6 Å². The van der Waals surface area contributed by atoms with Gasteiger partial charge in [0.2, 0.25) is 0 Å². The van der Waals surface area contributed by atoms with Gasteiger partial charge < -0.3 is 19.7 Å². The van der Waals surface area contributed by atoms with Crippen molar-refractivity contribution in [3.05, 3.63) is 64.2 Å². The number of hydrogen-bond donors (Lipinski definition) is 1. The minimum Gasteiger partial charge on any atom is -0.545 e. The lowest BCUT2D eigenvalue weighted by Crippen LogP contribution is -2.22. The third-order valence-electron chi connectivity index (χ3n) is 2.74. The predicted molar refractivity (Wildman–Crippen MR) is 72.5 cm³/mol. The molecular formula is C15H12ClO4-. The first-order valence-electron chi connectivity index (χ1n) is 5.92. The number of aliphatic hydroxyl groups is 1. The van der Waals surface area contributed by atoms with Crippen molar-refractivity contribution in [2.45, 2.75) is 13.2 Å². The van der Waals surface area contributed by atoms with Gasteiger partial charge in [-0.3, -0.25) is 0 Å². The van der Waals surface area contributed by atoms with Crippen LogP contribution in [0, 0.1) is 0 Å².